The Morgan fingerprint density at radius 2 is 1.90 bits per heavy atom. The third-order valence-corrected chi connectivity index (χ3v) is 8.18. The number of hydrogen-bond donors (Lipinski definition) is 0. The first-order chi connectivity index (χ1) is 18.8. The van der Waals surface area contributed by atoms with Gasteiger partial charge in [-0.3, -0.25) is 19.3 Å². The number of fused-ring (bicyclic) bond motifs is 1. The fourth-order valence-electron chi connectivity index (χ4n) is 4.48. The summed E-state index contributed by atoms with van der Waals surface area (Å²) in [5.74, 6) is -0.184. The van der Waals surface area contributed by atoms with Crippen LogP contribution in [0.2, 0.25) is 0 Å². The Morgan fingerprint density at radius 3 is 2.67 bits per heavy atom. The molecule has 3 amide bonds. The summed E-state index contributed by atoms with van der Waals surface area (Å²) in [5, 5.41) is -0.478. The zero-order chi connectivity index (χ0) is 27.5. The van der Waals surface area contributed by atoms with Crippen LogP contribution in [0.25, 0.3) is 6.08 Å². The SMILES string of the molecule is COc1cc(/C=C2\SC(=O)N(CC(=O)N3CCc4ccccc4C3)C2=O)cc(I)c1OCc1cccc(F)c1. The zero-order valence-corrected chi connectivity index (χ0v) is 24.0. The number of halogens is 2. The van der Waals surface area contributed by atoms with Gasteiger partial charge in [0.05, 0.1) is 15.6 Å². The van der Waals surface area contributed by atoms with E-state index in [0.717, 1.165) is 32.2 Å². The van der Waals surface area contributed by atoms with E-state index in [1.807, 2.05) is 18.2 Å². The lowest BCUT2D eigenvalue weighted by Gasteiger charge is -2.29. The van der Waals surface area contributed by atoms with E-state index < -0.39 is 11.1 Å². The highest BCUT2D eigenvalue weighted by molar-refractivity contribution is 14.1. The highest BCUT2D eigenvalue weighted by Gasteiger charge is 2.37. The fourth-order valence-corrected chi connectivity index (χ4v) is 6.10. The smallest absolute Gasteiger partial charge is 0.294 e. The summed E-state index contributed by atoms with van der Waals surface area (Å²) in [4.78, 5) is 41.6. The minimum atomic E-state index is -0.504. The van der Waals surface area contributed by atoms with E-state index in [9.17, 15) is 18.8 Å². The largest absolute Gasteiger partial charge is 0.493 e. The van der Waals surface area contributed by atoms with Crippen LogP contribution in [0.5, 0.6) is 11.5 Å². The van der Waals surface area contributed by atoms with Gasteiger partial charge >= 0.3 is 0 Å². The Morgan fingerprint density at radius 1 is 1.10 bits per heavy atom. The summed E-state index contributed by atoms with van der Waals surface area (Å²) < 4.78 is 25.6. The molecular formula is C29H24FIN2O5S. The number of rotatable bonds is 7. The van der Waals surface area contributed by atoms with Crippen LogP contribution < -0.4 is 9.47 Å². The number of ether oxygens (including phenoxy) is 2. The minimum Gasteiger partial charge on any atom is -0.493 e. The molecule has 1 fully saturated rings. The maximum Gasteiger partial charge on any atom is 0.294 e. The van der Waals surface area contributed by atoms with Gasteiger partial charge in [0.15, 0.2) is 11.5 Å². The van der Waals surface area contributed by atoms with Crippen LogP contribution in [0, 0.1) is 9.39 Å². The predicted molar refractivity (Wildman–Crippen MR) is 155 cm³/mol. The summed E-state index contributed by atoms with van der Waals surface area (Å²) >= 11 is 2.90. The van der Waals surface area contributed by atoms with Crippen LogP contribution in [-0.4, -0.2) is 47.1 Å². The zero-order valence-electron chi connectivity index (χ0n) is 21.0. The number of thioether (sulfide) groups is 1. The van der Waals surface area contributed by atoms with E-state index in [2.05, 4.69) is 28.7 Å². The monoisotopic (exact) mass is 658 g/mol. The van der Waals surface area contributed by atoms with Gasteiger partial charge in [0.25, 0.3) is 11.1 Å². The number of nitrogens with zero attached hydrogens (tertiary/aromatic N) is 2. The first-order valence-corrected chi connectivity index (χ1v) is 14.1. The van der Waals surface area contributed by atoms with Gasteiger partial charge < -0.3 is 14.4 Å². The minimum absolute atomic E-state index is 0.152. The van der Waals surface area contributed by atoms with Crippen molar-refractivity contribution >= 4 is 57.5 Å². The molecule has 10 heteroatoms. The van der Waals surface area contributed by atoms with Crippen molar-refractivity contribution in [3.05, 3.63) is 97.2 Å². The second-order valence-corrected chi connectivity index (χ2v) is 11.2. The maximum atomic E-state index is 13.5. The van der Waals surface area contributed by atoms with Crippen molar-refractivity contribution in [2.45, 2.75) is 19.6 Å². The van der Waals surface area contributed by atoms with Crippen molar-refractivity contribution in [2.24, 2.45) is 0 Å². The van der Waals surface area contributed by atoms with Gasteiger partial charge in [0.2, 0.25) is 5.91 Å². The van der Waals surface area contributed by atoms with Crippen molar-refractivity contribution < 1.29 is 28.2 Å². The number of hydrogen-bond acceptors (Lipinski definition) is 6. The molecule has 1 saturated heterocycles. The maximum absolute atomic E-state index is 13.5. The lowest BCUT2D eigenvalue weighted by Crippen LogP contribution is -2.44. The molecule has 5 rings (SSSR count). The normalized spacial score (nSPS) is 16.0. The fraction of sp³-hybridized carbons (Fsp3) is 0.207. The summed E-state index contributed by atoms with van der Waals surface area (Å²) in [6.07, 6.45) is 2.35. The third kappa shape index (κ3) is 6.11. The molecule has 0 saturated carbocycles. The van der Waals surface area contributed by atoms with Gasteiger partial charge in [-0.2, -0.15) is 0 Å². The van der Waals surface area contributed by atoms with Crippen molar-refractivity contribution in [1.29, 1.82) is 0 Å². The van der Waals surface area contributed by atoms with E-state index >= 15 is 0 Å². The third-order valence-electron chi connectivity index (χ3n) is 6.47. The summed E-state index contributed by atoms with van der Waals surface area (Å²) in [6.45, 7) is 0.873. The Hall–Kier alpha value is -3.38. The molecule has 0 N–H and O–H groups in total. The lowest BCUT2D eigenvalue weighted by molar-refractivity contribution is -0.136. The molecule has 2 heterocycles. The molecule has 0 aliphatic carbocycles. The van der Waals surface area contributed by atoms with Crippen LogP contribution in [0.15, 0.2) is 65.6 Å². The van der Waals surface area contributed by atoms with Crippen LogP contribution in [-0.2, 0) is 29.2 Å². The number of carbonyl (C=O) groups excluding carboxylic acids is 3. The molecule has 200 valence electrons. The van der Waals surface area contributed by atoms with Gasteiger partial charge in [-0.1, -0.05) is 36.4 Å². The summed E-state index contributed by atoms with van der Waals surface area (Å²) in [5.41, 5.74) is 3.61. The number of imide groups is 1. The molecule has 3 aromatic rings. The van der Waals surface area contributed by atoms with Crippen molar-refractivity contribution in [2.75, 3.05) is 20.2 Å². The van der Waals surface area contributed by atoms with Crippen molar-refractivity contribution in [1.82, 2.24) is 9.80 Å². The Bertz CT molecular complexity index is 1490. The molecule has 2 aliphatic heterocycles. The Kier molecular flexibility index (Phi) is 8.22. The predicted octanol–water partition coefficient (Wildman–Crippen LogP) is 5.64. The second kappa shape index (κ2) is 11.8. The lowest BCUT2D eigenvalue weighted by atomic mass is 10.00. The summed E-state index contributed by atoms with van der Waals surface area (Å²) in [6, 6.07) is 17.6. The molecule has 7 nitrogen and oxygen atoms in total. The van der Waals surface area contributed by atoms with Gasteiger partial charge in [0.1, 0.15) is 19.0 Å². The second-order valence-electron chi connectivity index (χ2n) is 9.05. The molecule has 2 aliphatic rings. The quantitative estimate of drug-likeness (QED) is 0.242. The van der Waals surface area contributed by atoms with E-state index in [0.29, 0.717) is 35.7 Å². The number of carbonyl (C=O) groups is 3. The Balaban J connectivity index is 1.28. The average Bonchev–Trinajstić information content (AvgIpc) is 3.19. The van der Waals surface area contributed by atoms with Crippen LogP contribution in [0.4, 0.5) is 9.18 Å². The molecular weight excluding hydrogens is 634 g/mol. The van der Waals surface area contributed by atoms with Gasteiger partial charge in [0, 0.05) is 13.1 Å². The average molecular weight is 658 g/mol. The van der Waals surface area contributed by atoms with Gasteiger partial charge in [-0.05, 0) is 93.4 Å². The van der Waals surface area contributed by atoms with Crippen LogP contribution >= 0.6 is 34.4 Å². The first-order valence-electron chi connectivity index (χ1n) is 12.2. The van der Waals surface area contributed by atoms with E-state index in [1.54, 1.807) is 35.2 Å². The molecule has 39 heavy (non-hydrogen) atoms. The van der Waals surface area contributed by atoms with Crippen LogP contribution in [0.3, 0.4) is 0 Å². The molecule has 0 atom stereocenters. The molecule has 3 aromatic carbocycles. The van der Waals surface area contributed by atoms with Crippen LogP contribution in [0.1, 0.15) is 22.3 Å². The van der Waals surface area contributed by atoms with E-state index in [-0.39, 0.29) is 29.8 Å². The molecule has 0 bridgehead atoms. The topological polar surface area (TPSA) is 76.2 Å². The number of benzene rings is 3. The van der Waals surface area contributed by atoms with Crippen molar-refractivity contribution in [3.8, 4) is 11.5 Å². The molecule has 0 aromatic heterocycles. The van der Waals surface area contributed by atoms with Gasteiger partial charge in [-0.25, -0.2) is 4.39 Å². The molecule has 0 unspecified atom stereocenters. The standard InChI is InChI=1S/C29H24FIN2O5S/c1-37-24-13-19(12-23(31)27(24)38-17-18-5-4-8-22(30)11-18)14-25-28(35)33(29(36)39-25)16-26(34)32-10-9-20-6-2-3-7-21(20)15-32/h2-8,11-14H,9-10,15-17H2,1H3/b25-14-. The molecule has 0 radical (unpaired) electrons. The highest BCUT2D eigenvalue weighted by atomic mass is 127. The number of amides is 3. The van der Waals surface area contributed by atoms with E-state index in [1.165, 1.54) is 24.8 Å². The number of methoxy groups -OCH3 is 1. The first kappa shape index (κ1) is 27.2. The highest BCUT2D eigenvalue weighted by Crippen LogP contribution is 2.37. The summed E-state index contributed by atoms with van der Waals surface area (Å²) in [7, 11) is 1.50. The molecule has 0 spiro atoms. The van der Waals surface area contributed by atoms with Gasteiger partial charge in [-0.15, -0.1) is 0 Å². The van der Waals surface area contributed by atoms with E-state index in [4.69, 9.17) is 9.47 Å². The Labute approximate surface area is 243 Å². The van der Waals surface area contributed by atoms with Crippen molar-refractivity contribution in [3.63, 3.8) is 0 Å².